The van der Waals surface area contributed by atoms with Gasteiger partial charge in [0.2, 0.25) is 0 Å². The highest BCUT2D eigenvalue weighted by Gasteiger charge is 2.28. The molecule has 3 aromatic rings. The first-order chi connectivity index (χ1) is 16.3. The van der Waals surface area contributed by atoms with Crippen LogP contribution in [0.15, 0.2) is 66.7 Å². The Balaban J connectivity index is 1.82. The molecule has 0 bridgehead atoms. The number of aliphatic hydroxyl groups excluding tert-OH is 1. The maximum atomic E-state index is 11.1. The molecule has 0 aliphatic heterocycles. The van der Waals surface area contributed by atoms with Crippen molar-refractivity contribution in [1.29, 1.82) is 0 Å². The highest BCUT2D eigenvalue weighted by atomic mass is 16.6. The Labute approximate surface area is 198 Å². The van der Waals surface area contributed by atoms with Crippen LogP contribution in [-0.2, 0) is 6.42 Å². The van der Waals surface area contributed by atoms with Gasteiger partial charge in [-0.15, -0.1) is 0 Å². The number of nitrogen functional groups attached to an aromatic ring is 1. The first-order valence-corrected chi connectivity index (χ1v) is 10.7. The van der Waals surface area contributed by atoms with E-state index in [0.717, 1.165) is 11.1 Å². The zero-order valence-electron chi connectivity index (χ0n) is 19.1. The molecule has 0 radical (unpaired) electrons. The van der Waals surface area contributed by atoms with Crippen molar-refractivity contribution in [3.63, 3.8) is 0 Å². The van der Waals surface area contributed by atoms with E-state index in [1.54, 1.807) is 20.3 Å². The van der Waals surface area contributed by atoms with E-state index in [1.807, 2.05) is 42.5 Å². The Morgan fingerprint density at radius 2 is 1.71 bits per heavy atom. The van der Waals surface area contributed by atoms with Gasteiger partial charge < -0.3 is 30.8 Å². The molecule has 0 saturated heterocycles. The quantitative estimate of drug-likeness (QED) is 0.221. The van der Waals surface area contributed by atoms with Crippen LogP contribution in [0.1, 0.15) is 17.0 Å². The number of ether oxygens (including phenoxy) is 3. The summed E-state index contributed by atoms with van der Waals surface area (Å²) in [4.78, 5) is 10.5. The number of benzene rings is 3. The molecule has 180 valence electrons. The number of nitro benzene ring substituents is 1. The fraction of sp³-hybridized carbons (Fsp3) is 0.280. The molecule has 3 aromatic carbocycles. The fourth-order valence-electron chi connectivity index (χ4n) is 3.76. The summed E-state index contributed by atoms with van der Waals surface area (Å²) in [6.07, 6.45) is -0.486. The highest BCUT2D eigenvalue weighted by molar-refractivity contribution is 5.60. The van der Waals surface area contributed by atoms with E-state index in [2.05, 4.69) is 0 Å². The molecule has 0 fully saturated rings. The molecule has 0 saturated carbocycles. The molecule has 3 rings (SSSR count). The standard InChI is InChI=1S/C25H29N3O6/c1-32-23-11-8-17(13-24(23)33-2)19(12-16-6-4-3-5-7-16)25(27)22(29)15-34-18-9-10-20(26)21(14-18)28(30)31/h3-11,13-14,19,22,25,29H,12,15,26-27H2,1-2H3/t19?,22-,25?/m0/s1. The van der Waals surface area contributed by atoms with Gasteiger partial charge in [-0.05, 0) is 41.8 Å². The molecule has 5 N–H and O–H groups in total. The van der Waals surface area contributed by atoms with Crippen molar-refractivity contribution in [2.24, 2.45) is 5.73 Å². The number of methoxy groups -OCH3 is 2. The topological polar surface area (TPSA) is 143 Å². The lowest BCUT2D eigenvalue weighted by molar-refractivity contribution is -0.384. The second-order valence-corrected chi connectivity index (χ2v) is 7.84. The summed E-state index contributed by atoms with van der Waals surface area (Å²) in [5.41, 5.74) is 13.9. The monoisotopic (exact) mass is 467 g/mol. The zero-order chi connectivity index (χ0) is 24.7. The highest BCUT2D eigenvalue weighted by Crippen LogP contribution is 2.34. The summed E-state index contributed by atoms with van der Waals surface area (Å²) in [5, 5.41) is 22.0. The van der Waals surface area contributed by atoms with Gasteiger partial charge in [0.25, 0.3) is 5.69 Å². The first-order valence-electron chi connectivity index (χ1n) is 10.7. The van der Waals surface area contributed by atoms with Gasteiger partial charge in [-0.3, -0.25) is 10.1 Å². The Hall–Kier alpha value is -3.82. The van der Waals surface area contributed by atoms with E-state index in [-0.39, 0.29) is 29.6 Å². The number of anilines is 1. The summed E-state index contributed by atoms with van der Waals surface area (Å²) in [5.74, 6) is 1.09. The van der Waals surface area contributed by atoms with Gasteiger partial charge in [-0.25, -0.2) is 0 Å². The first kappa shape index (κ1) is 24.8. The smallest absolute Gasteiger partial charge is 0.295 e. The zero-order valence-corrected chi connectivity index (χ0v) is 19.1. The van der Waals surface area contributed by atoms with Crippen LogP contribution >= 0.6 is 0 Å². The van der Waals surface area contributed by atoms with Crippen molar-refractivity contribution in [2.45, 2.75) is 24.5 Å². The van der Waals surface area contributed by atoms with Crippen molar-refractivity contribution in [2.75, 3.05) is 26.6 Å². The second kappa shape index (κ2) is 11.4. The van der Waals surface area contributed by atoms with Crippen molar-refractivity contribution < 1.29 is 24.2 Å². The predicted octanol–water partition coefficient (Wildman–Crippen LogP) is 3.29. The van der Waals surface area contributed by atoms with Crippen LogP contribution < -0.4 is 25.7 Å². The molecule has 0 aromatic heterocycles. The SMILES string of the molecule is COc1ccc(C(Cc2ccccc2)C(N)[C@@H](O)COc2ccc(N)c([N+](=O)[O-])c2)cc1OC. The van der Waals surface area contributed by atoms with E-state index in [4.69, 9.17) is 25.7 Å². The van der Waals surface area contributed by atoms with Crippen LogP contribution in [0, 0.1) is 10.1 Å². The van der Waals surface area contributed by atoms with E-state index in [0.29, 0.717) is 17.9 Å². The molecular formula is C25H29N3O6. The molecule has 34 heavy (non-hydrogen) atoms. The molecule has 9 heteroatoms. The van der Waals surface area contributed by atoms with Crippen molar-refractivity contribution >= 4 is 11.4 Å². The molecule has 0 heterocycles. The molecule has 9 nitrogen and oxygen atoms in total. The minimum Gasteiger partial charge on any atom is -0.493 e. The number of hydrogen-bond acceptors (Lipinski definition) is 8. The number of nitrogens with two attached hydrogens (primary N) is 2. The average Bonchev–Trinajstić information content (AvgIpc) is 2.86. The molecule has 0 aliphatic rings. The summed E-state index contributed by atoms with van der Waals surface area (Å²) < 4.78 is 16.4. The number of rotatable bonds is 11. The molecule has 2 unspecified atom stereocenters. The van der Waals surface area contributed by atoms with E-state index < -0.39 is 17.1 Å². The van der Waals surface area contributed by atoms with Crippen molar-refractivity contribution in [3.05, 3.63) is 88.0 Å². The Bertz CT molecular complexity index is 1110. The minimum absolute atomic E-state index is 0.0333. The third kappa shape index (κ3) is 5.94. The van der Waals surface area contributed by atoms with Gasteiger partial charge in [-0.2, -0.15) is 0 Å². The third-order valence-corrected chi connectivity index (χ3v) is 5.66. The normalized spacial score (nSPS) is 13.5. The van der Waals surface area contributed by atoms with E-state index in [1.165, 1.54) is 18.2 Å². The molecule has 0 spiro atoms. The number of nitrogens with zero attached hydrogens (tertiary/aromatic N) is 1. The van der Waals surface area contributed by atoms with Crippen LogP contribution in [0.2, 0.25) is 0 Å². The van der Waals surface area contributed by atoms with Crippen molar-refractivity contribution in [1.82, 2.24) is 0 Å². The van der Waals surface area contributed by atoms with Gasteiger partial charge in [0.05, 0.1) is 25.2 Å². The van der Waals surface area contributed by atoms with E-state index in [9.17, 15) is 15.2 Å². The molecule has 0 aliphatic carbocycles. The summed E-state index contributed by atoms with van der Waals surface area (Å²) in [6.45, 7) is -0.152. The maximum absolute atomic E-state index is 11.1. The van der Waals surface area contributed by atoms with Gasteiger partial charge in [0.1, 0.15) is 24.1 Å². The summed E-state index contributed by atoms with van der Waals surface area (Å²) >= 11 is 0. The van der Waals surface area contributed by atoms with Crippen LogP contribution in [0.5, 0.6) is 17.2 Å². The minimum atomic E-state index is -1.06. The Morgan fingerprint density at radius 1 is 1.00 bits per heavy atom. The molecule has 3 atom stereocenters. The third-order valence-electron chi connectivity index (χ3n) is 5.66. The van der Waals surface area contributed by atoms with Crippen LogP contribution in [-0.4, -0.2) is 43.0 Å². The lowest BCUT2D eigenvalue weighted by Crippen LogP contribution is -2.44. The lowest BCUT2D eigenvalue weighted by Gasteiger charge is -2.29. The van der Waals surface area contributed by atoms with Crippen molar-refractivity contribution in [3.8, 4) is 17.2 Å². The number of aliphatic hydroxyl groups is 1. The summed E-state index contributed by atoms with van der Waals surface area (Å²) in [7, 11) is 3.12. The van der Waals surface area contributed by atoms with Gasteiger partial charge in [0, 0.05) is 12.0 Å². The van der Waals surface area contributed by atoms with Gasteiger partial charge in [-0.1, -0.05) is 36.4 Å². The van der Waals surface area contributed by atoms with E-state index >= 15 is 0 Å². The lowest BCUT2D eigenvalue weighted by atomic mass is 9.83. The number of nitro groups is 1. The second-order valence-electron chi connectivity index (χ2n) is 7.84. The maximum Gasteiger partial charge on any atom is 0.295 e. The van der Waals surface area contributed by atoms with Gasteiger partial charge >= 0.3 is 0 Å². The fourth-order valence-corrected chi connectivity index (χ4v) is 3.76. The Kier molecular flexibility index (Phi) is 8.29. The largest absolute Gasteiger partial charge is 0.493 e. The number of hydrogen-bond donors (Lipinski definition) is 3. The van der Waals surface area contributed by atoms with Crippen LogP contribution in [0.3, 0.4) is 0 Å². The molecule has 0 amide bonds. The van der Waals surface area contributed by atoms with Crippen LogP contribution in [0.4, 0.5) is 11.4 Å². The average molecular weight is 468 g/mol. The summed E-state index contributed by atoms with van der Waals surface area (Å²) in [6, 6.07) is 18.8. The van der Waals surface area contributed by atoms with Crippen LogP contribution in [0.25, 0.3) is 0 Å². The molecular weight excluding hydrogens is 438 g/mol. The van der Waals surface area contributed by atoms with Gasteiger partial charge in [0.15, 0.2) is 11.5 Å². The Morgan fingerprint density at radius 3 is 2.35 bits per heavy atom. The predicted molar refractivity (Wildman–Crippen MR) is 129 cm³/mol.